The van der Waals surface area contributed by atoms with Gasteiger partial charge >= 0.3 is 6.36 Å². The van der Waals surface area contributed by atoms with Gasteiger partial charge in [-0.05, 0) is 30.2 Å². The largest absolute Gasteiger partial charge is 0.573 e. The second kappa shape index (κ2) is 6.56. The highest BCUT2D eigenvalue weighted by molar-refractivity contribution is 5.99. The number of hydrogen-bond donors (Lipinski definition) is 2. The lowest BCUT2D eigenvalue weighted by Crippen LogP contribution is -2.37. The number of ether oxygens (including phenoxy) is 1. The third-order valence-corrected chi connectivity index (χ3v) is 3.78. The molecule has 1 unspecified atom stereocenters. The van der Waals surface area contributed by atoms with Gasteiger partial charge in [-0.15, -0.1) is 13.2 Å². The number of aromatic nitrogens is 1. The van der Waals surface area contributed by atoms with E-state index in [0.717, 1.165) is 5.56 Å². The van der Waals surface area contributed by atoms with Gasteiger partial charge in [-0.1, -0.05) is 6.07 Å². The fraction of sp³-hybridized carbons (Fsp3) is 0.312. The van der Waals surface area contributed by atoms with Crippen LogP contribution in [0.3, 0.4) is 0 Å². The van der Waals surface area contributed by atoms with Crippen molar-refractivity contribution in [3.63, 3.8) is 0 Å². The molecular weight excluding hydrogens is 323 g/mol. The minimum atomic E-state index is -4.76. The summed E-state index contributed by atoms with van der Waals surface area (Å²) in [5.41, 5.74) is 1.43. The van der Waals surface area contributed by atoms with E-state index in [1.807, 2.05) is 12.3 Å². The number of rotatable bonds is 5. The van der Waals surface area contributed by atoms with Crippen LogP contribution >= 0.6 is 0 Å². The zero-order valence-electron chi connectivity index (χ0n) is 12.6. The maximum absolute atomic E-state index is 12.5. The molecule has 2 heterocycles. The van der Waals surface area contributed by atoms with E-state index in [4.69, 9.17) is 0 Å². The molecule has 0 radical (unpaired) electrons. The fourth-order valence-electron chi connectivity index (χ4n) is 2.68. The molecular formula is C16H16F3N3O2. The highest BCUT2D eigenvalue weighted by Crippen LogP contribution is 2.29. The van der Waals surface area contributed by atoms with Crippen molar-refractivity contribution in [1.29, 1.82) is 0 Å². The first-order valence-corrected chi connectivity index (χ1v) is 7.44. The SMILES string of the molecule is O=C1C(NCc2cc[nH]c2)CCN1c1cccc(OC(F)(F)F)c1. The van der Waals surface area contributed by atoms with Crippen LogP contribution < -0.4 is 15.0 Å². The summed E-state index contributed by atoms with van der Waals surface area (Å²) in [5, 5.41) is 3.16. The van der Waals surface area contributed by atoms with E-state index < -0.39 is 6.36 Å². The van der Waals surface area contributed by atoms with Crippen molar-refractivity contribution in [2.24, 2.45) is 0 Å². The minimum absolute atomic E-state index is 0.158. The Bertz CT molecular complexity index is 701. The van der Waals surface area contributed by atoms with Crippen LogP contribution in [0.1, 0.15) is 12.0 Å². The van der Waals surface area contributed by atoms with Gasteiger partial charge in [-0.2, -0.15) is 0 Å². The number of anilines is 1. The molecule has 128 valence electrons. The first kappa shape index (κ1) is 16.4. The number of aromatic amines is 1. The lowest BCUT2D eigenvalue weighted by Gasteiger charge is -2.18. The predicted octanol–water partition coefficient (Wildman–Crippen LogP) is 2.81. The summed E-state index contributed by atoms with van der Waals surface area (Å²) in [6.07, 6.45) is -0.532. The predicted molar refractivity (Wildman–Crippen MR) is 81.5 cm³/mol. The summed E-state index contributed by atoms with van der Waals surface area (Å²) in [7, 11) is 0. The highest BCUT2D eigenvalue weighted by atomic mass is 19.4. The first-order chi connectivity index (χ1) is 11.4. The van der Waals surface area contributed by atoms with Gasteiger partial charge < -0.3 is 19.9 Å². The van der Waals surface area contributed by atoms with Crippen molar-refractivity contribution < 1.29 is 22.7 Å². The van der Waals surface area contributed by atoms with Crippen LogP contribution in [0, 0.1) is 0 Å². The Balaban J connectivity index is 1.65. The quantitative estimate of drug-likeness (QED) is 0.881. The van der Waals surface area contributed by atoms with Crippen molar-refractivity contribution in [3.8, 4) is 5.75 Å². The van der Waals surface area contributed by atoms with Crippen molar-refractivity contribution in [2.75, 3.05) is 11.4 Å². The number of nitrogens with zero attached hydrogens (tertiary/aromatic N) is 1. The van der Waals surface area contributed by atoms with E-state index in [1.165, 1.54) is 23.1 Å². The topological polar surface area (TPSA) is 57.4 Å². The van der Waals surface area contributed by atoms with Crippen LogP contribution in [0.4, 0.5) is 18.9 Å². The van der Waals surface area contributed by atoms with E-state index >= 15 is 0 Å². The molecule has 0 bridgehead atoms. The molecule has 1 atom stereocenters. The third kappa shape index (κ3) is 3.88. The van der Waals surface area contributed by atoms with Gasteiger partial charge in [0.05, 0.1) is 6.04 Å². The van der Waals surface area contributed by atoms with Crippen LogP contribution in [0.25, 0.3) is 0 Å². The van der Waals surface area contributed by atoms with Crippen LogP contribution in [0.5, 0.6) is 5.75 Å². The second-order valence-corrected chi connectivity index (χ2v) is 5.48. The number of nitrogens with one attached hydrogen (secondary N) is 2. The van der Waals surface area contributed by atoms with Gasteiger partial charge in [0.25, 0.3) is 0 Å². The lowest BCUT2D eigenvalue weighted by molar-refractivity contribution is -0.274. The number of alkyl halides is 3. The van der Waals surface area contributed by atoms with Gasteiger partial charge in [0.1, 0.15) is 5.75 Å². The minimum Gasteiger partial charge on any atom is -0.406 e. The average Bonchev–Trinajstić information content (AvgIpc) is 3.13. The standard InChI is InChI=1S/C16H16F3N3O2/c17-16(18,19)24-13-3-1-2-12(8-13)22-7-5-14(15(22)23)21-10-11-4-6-20-9-11/h1-4,6,8-9,14,20-21H,5,7,10H2. The Morgan fingerprint density at radius 1 is 1.33 bits per heavy atom. The molecule has 24 heavy (non-hydrogen) atoms. The van der Waals surface area contributed by atoms with E-state index in [2.05, 4.69) is 15.0 Å². The molecule has 1 aromatic carbocycles. The smallest absolute Gasteiger partial charge is 0.406 e. The normalized spacial score (nSPS) is 18.2. The zero-order chi connectivity index (χ0) is 17.2. The molecule has 2 aromatic rings. The van der Waals surface area contributed by atoms with Crippen LogP contribution in [0.2, 0.25) is 0 Å². The number of halogens is 3. The third-order valence-electron chi connectivity index (χ3n) is 3.78. The van der Waals surface area contributed by atoms with Crippen molar-refractivity contribution in [1.82, 2.24) is 10.3 Å². The van der Waals surface area contributed by atoms with Crippen molar-refractivity contribution >= 4 is 11.6 Å². The number of H-pyrrole nitrogens is 1. The summed E-state index contributed by atoms with van der Waals surface area (Å²) < 4.78 is 40.8. The molecule has 0 saturated carbocycles. The summed E-state index contributed by atoms with van der Waals surface area (Å²) >= 11 is 0. The Morgan fingerprint density at radius 2 is 2.17 bits per heavy atom. The maximum atomic E-state index is 12.5. The molecule has 8 heteroatoms. The van der Waals surface area contributed by atoms with Gasteiger partial charge in [0.15, 0.2) is 0 Å². The monoisotopic (exact) mass is 339 g/mol. The average molecular weight is 339 g/mol. The van der Waals surface area contributed by atoms with Gasteiger partial charge in [-0.3, -0.25) is 4.79 Å². The molecule has 2 N–H and O–H groups in total. The molecule has 3 rings (SSSR count). The molecule has 0 aliphatic carbocycles. The maximum Gasteiger partial charge on any atom is 0.573 e. The van der Waals surface area contributed by atoms with E-state index in [-0.39, 0.29) is 17.7 Å². The van der Waals surface area contributed by atoms with Crippen LogP contribution in [-0.4, -0.2) is 29.8 Å². The van der Waals surface area contributed by atoms with Gasteiger partial charge in [0, 0.05) is 37.2 Å². The Morgan fingerprint density at radius 3 is 2.88 bits per heavy atom. The lowest BCUT2D eigenvalue weighted by atomic mass is 10.2. The number of benzene rings is 1. The van der Waals surface area contributed by atoms with E-state index in [1.54, 1.807) is 12.3 Å². The molecule has 1 aliphatic heterocycles. The van der Waals surface area contributed by atoms with Gasteiger partial charge in [0.2, 0.25) is 5.91 Å². The number of carbonyl (C=O) groups excluding carboxylic acids is 1. The summed E-state index contributed by atoms with van der Waals surface area (Å²) in [6, 6.07) is 7.01. The Labute approximate surface area is 136 Å². The number of hydrogen-bond acceptors (Lipinski definition) is 3. The van der Waals surface area contributed by atoms with E-state index in [9.17, 15) is 18.0 Å². The summed E-state index contributed by atoms with van der Waals surface area (Å²) in [5.74, 6) is -0.494. The van der Waals surface area contributed by atoms with Crippen LogP contribution in [0.15, 0.2) is 42.7 Å². The highest BCUT2D eigenvalue weighted by Gasteiger charge is 2.34. The fourth-order valence-corrected chi connectivity index (χ4v) is 2.68. The Hall–Kier alpha value is -2.48. The molecule has 5 nitrogen and oxygen atoms in total. The molecule has 1 fully saturated rings. The summed E-state index contributed by atoms with van der Waals surface area (Å²) in [6.45, 7) is 0.990. The van der Waals surface area contributed by atoms with Gasteiger partial charge in [-0.25, -0.2) is 0 Å². The van der Waals surface area contributed by atoms with Crippen molar-refractivity contribution in [2.45, 2.75) is 25.4 Å². The number of amides is 1. The molecule has 0 spiro atoms. The molecule has 1 saturated heterocycles. The molecule has 1 aliphatic rings. The first-order valence-electron chi connectivity index (χ1n) is 7.44. The molecule has 1 aromatic heterocycles. The second-order valence-electron chi connectivity index (χ2n) is 5.48. The van der Waals surface area contributed by atoms with E-state index in [0.29, 0.717) is 25.2 Å². The Kier molecular flexibility index (Phi) is 4.48. The molecule has 1 amide bonds. The summed E-state index contributed by atoms with van der Waals surface area (Å²) in [4.78, 5) is 16.9. The number of carbonyl (C=O) groups is 1. The zero-order valence-corrected chi connectivity index (χ0v) is 12.6. The van der Waals surface area contributed by atoms with Crippen LogP contribution in [-0.2, 0) is 11.3 Å². The van der Waals surface area contributed by atoms with Crippen molar-refractivity contribution in [3.05, 3.63) is 48.3 Å².